The Balaban J connectivity index is 2.24. The minimum atomic E-state index is -1.04. The van der Waals surface area contributed by atoms with Gasteiger partial charge in [-0.05, 0) is 24.8 Å². The highest BCUT2D eigenvalue weighted by molar-refractivity contribution is 6.09. The number of ether oxygens (including phenoxy) is 1. The minimum absolute atomic E-state index is 0.0970. The minimum Gasteiger partial charge on any atom is -0.467 e. The second-order valence-corrected chi connectivity index (χ2v) is 9.29. The number of carbonyl (C=O) groups excluding carboxylic acids is 5. The first kappa shape index (κ1) is 29.2. The average Bonchev–Trinajstić information content (AvgIpc) is 2.87. The Morgan fingerprint density at radius 2 is 1.32 bits per heavy atom. The van der Waals surface area contributed by atoms with E-state index in [1.807, 2.05) is 19.9 Å². The molecule has 37 heavy (non-hydrogen) atoms. The van der Waals surface area contributed by atoms with E-state index in [0.29, 0.717) is 23.1 Å². The first-order chi connectivity index (χ1) is 17.5. The third-order valence-electron chi connectivity index (χ3n) is 5.65. The van der Waals surface area contributed by atoms with E-state index in [-0.39, 0.29) is 24.0 Å². The molecule has 0 radical (unpaired) electrons. The fraction of sp³-hybridized carbons (Fsp3) is 0.393. The molecule has 3 N–H and O–H groups in total. The zero-order chi connectivity index (χ0) is 27.5. The van der Waals surface area contributed by atoms with E-state index in [0.717, 1.165) is 0 Å². The number of esters is 1. The second kappa shape index (κ2) is 13.9. The van der Waals surface area contributed by atoms with Crippen LogP contribution >= 0.6 is 0 Å². The van der Waals surface area contributed by atoms with Gasteiger partial charge in [-0.2, -0.15) is 0 Å². The summed E-state index contributed by atoms with van der Waals surface area (Å²) in [6, 6.07) is 12.8. The van der Waals surface area contributed by atoms with E-state index in [4.69, 9.17) is 4.74 Å². The first-order valence-corrected chi connectivity index (χ1v) is 12.2. The normalized spacial score (nSPS) is 13.1. The largest absolute Gasteiger partial charge is 0.467 e. The molecule has 0 unspecified atom stereocenters. The van der Waals surface area contributed by atoms with Crippen molar-refractivity contribution in [3.05, 3.63) is 71.3 Å². The molecule has 0 fully saturated rings. The van der Waals surface area contributed by atoms with Crippen molar-refractivity contribution in [3.63, 3.8) is 0 Å². The topological polar surface area (TPSA) is 131 Å². The smallest absolute Gasteiger partial charge is 0.328 e. The maximum absolute atomic E-state index is 13.2. The SMILES string of the molecule is COC(=O)[C@H](CC(C)C)NC(=O)[C@H](Cc1ccc(C(=O)c2ccccc2)cc1)NC(=O)[C@H](C)NC(C)=O. The van der Waals surface area contributed by atoms with Gasteiger partial charge in [-0.3, -0.25) is 19.2 Å². The van der Waals surface area contributed by atoms with Gasteiger partial charge < -0.3 is 20.7 Å². The maximum Gasteiger partial charge on any atom is 0.328 e. The van der Waals surface area contributed by atoms with Crippen LogP contribution in [-0.2, 0) is 30.3 Å². The molecule has 2 rings (SSSR count). The van der Waals surface area contributed by atoms with Crippen LogP contribution in [0.1, 0.15) is 55.6 Å². The van der Waals surface area contributed by atoms with Gasteiger partial charge >= 0.3 is 5.97 Å². The lowest BCUT2D eigenvalue weighted by Gasteiger charge is -2.24. The average molecular weight is 510 g/mol. The molecule has 0 saturated heterocycles. The Hall–Kier alpha value is -4.01. The third-order valence-corrected chi connectivity index (χ3v) is 5.65. The van der Waals surface area contributed by atoms with Crippen LogP contribution in [0.15, 0.2) is 54.6 Å². The van der Waals surface area contributed by atoms with Gasteiger partial charge in [0.25, 0.3) is 0 Å². The lowest BCUT2D eigenvalue weighted by molar-refractivity contribution is -0.146. The Morgan fingerprint density at radius 1 is 0.757 bits per heavy atom. The summed E-state index contributed by atoms with van der Waals surface area (Å²) < 4.78 is 4.83. The summed E-state index contributed by atoms with van der Waals surface area (Å²) in [6.45, 7) is 6.62. The van der Waals surface area contributed by atoms with Gasteiger partial charge in [-0.15, -0.1) is 0 Å². The predicted molar refractivity (Wildman–Crippen MR) is 139 cm³/mol. The van der Waals surface area contributed by atoms with Gasteiger partial charge in [0.15, 0.2) is 5.78 Å². The number of carbonyl (C=O) groups is 5. The van der Waals surface area contributed by atoms with Gasteiger partial charge in [-0.1, -0.05) is 68.4 Å². The third kappa shape index (κ3) is 9.18. The van der Waals surface area contributed by atoms with Crippen molar-refractivity contribution >= 4 is 29.5 Å². The predicted octanol–water partition coefficient (Wildman–Crippen LogP) is 2.17. The molecule has 2 aromatic rings. The lowest BCUT2D eigenvalue weighted by atomic mass is 9.98. The molecule has 0 heterocycles. The summed E-state index contributed by atoms with van der Waals surface area (Å²) in [6.07, 6.45) is 0.456. The summed E-state index contributed by atoms with van der Waals surface area (Å²) in [5.41, 5.74) is 1.74. The number of rotatable bonds is 12. The Bertz CT molecular complexity index is 1100. The molecule has 0 bridgehead atoms. The molecule has 0 aliphatic rings. The molecule has 0 saturated carbocycles. The maximum atomic E-state index is 13.2. The van der Waals surface area contributed by atoms with E-state index in [9.17, 15) is 24.0 Å². The van der Waals surface area contributed by atoms with Gasteiger partial charge in [-0.25, -0.2) is 4.79 Å². The zero-order valence-electron chi connectivity index (χ0n) is 21.9. The molecule has 0 spiro atoms. The summed E-state index contributed by atoms with van der Waals surface area (Å²) in [7, 11) is 1.24. The molecule has 0 aromatic heterocycles. The van der Waals surface area contributed by atoms with E-state index >= 15 is 0 Å². The second-order valence-electron chi connectivity index (χ2n) is 9.29. The molecule has 198 valence electrons. The van der Waals surface area contributed by atoms with E-state index < -0.39 is 35.9 Å². The number of benzene rings is 2. The van der Waals surface area contributed by atoms with Crippen molar-refractivity contribution in [2.45, 2.75) is 58.7 Å². The number of nitrogens with one attached hydrogen (secondary N) is 3. The lowest BCUT2D eigenvalue weighted by Crippen LogP contribution is -2.56. The Labute approximate surface area is 217 Å². The standard InChI is InChI=1S/C28H35N3O6/c1-17(2)15-24(28(36)37-5)31-27(35)23(30-26(34)18(3)29-19(4)32)16-20-11-13-22(14-12-20)25(33)21-9-7-6-8-10-21/h6-14,17-18,23-24H,15-16H2,1-5H3,(H,29,32)(H,30,34)(H,31,35)/t18-,23-,24-/m0/s1. The first-order valence-electron chi connectivity index (χ1n) is 12.2. The number of hydrogen-bond donors (Lipinski definition) is 3. The molecule has 0 aliphatic carbocycles. The van der Waals surface area contributed by atoms with Crippen LogP contribution in [0.2, 0.25) is 0 Å². The summed E-state index contributed by atoms with van der Waals surface area (Å²) in [4.78, 5) is 62.2. The number of amides is 3. The molecule has 9 heteroatoms. The van der Waals surface area contributed by atoms with Crippen molar-refractivity contribution in [3.8, 4) is 0 Å². The molecule has 3 atom stereocenters. The molecular weight excluding hydrogens is 474 g/mol. The van der Waals surface area contributed by atoms with Crippen molar-refractivity contribution in [2.24, 2.45) is 5.92 Å². The van der Waals surface area contributed by atoms with E-state index in [1.54, 1.807) is 48.5 Å². The van der Waals surface area contributed by atoms with Crippen molar-refractivity contribution in [1.29, 1.82) is 0 Å². The fourth-order valence-corrected chi connectivity index (χ4v) is 3.76. The highest BCUT2D eigenvalue weighted by Gasteiger charge is 2.29. The van der Waals surface area contributed by atoms with Crippen LogP contribution in [0.5, 0.6) is 0 Å². The molecule has 0 aliphatic heterocycles. The van der Waals surface area contributed by atoms with Gasteiger partial charge in [0, 0.05) is 24.5 Å². The zero-order valence-corrected chi connectivity index (χ0v) is 21.9. The molecule has 3 amide bonds. The van der Waals surface area contributed by atoms with Gasteiger partial charge in [0.05, 0.1) is 7.11 Å². The van der Waals surface area contributed by atoms with E-state index in [1.165, 1.54) is 21.0 Å². The monoisotopic (exact) mass is 509 g/mol. The van der Waals surface area contributed by atoms with Gasteiger partial charge in [0.1, 0.15) is 18.1 Å². The van der Waals surface area contributed by atoms with Crippen LogP contribution in [-0.4, -0.2) is 54.7 Å². The quantitative estimate of drug-likeness (QED) is 0.297. The summed E-state index contributed by atoms with van der Waals surface area (Å²) >= 11 is 0. The van der Waals surface area contributed by atoms with Crippen LogP contribution in [0.25, 0.3) is 0 Å². The van der Waals surface area contributed by atoms with Crippen LogP contribution in [0.4, 0.5) is 0 Å². The van der Waals surface area contributed by atoms with E-state index in [2.05, 4.69) is 16.0 Å². The van der Waals surface area contributed by atoms with Crippen molar-refractivity contribution in [1.82, 2.24) is 16.0 Å². The summed E-state index contributed by atoms with van der Waals surface area (Å²) in [5.74, 6) is -2.11. The number of hydrogen-bond acceptors (Lipinski definition) is 6. The Morgan fingerprint density at radius 3 is 1.86 bits per heavy atom. The Kier molecular flexibility index (Phi) is 11.0. The number of ketones is 1. The molecule has 2 aromatic carbocycles. The highest BCUT2D eigenvalue weighted by atomic mass is 16.5. The molecular formula is C28H35N3O6. The van der Waals surface area contributed by atoms with Crippen LogP contribution < -0.4 is 16.0 Å². The fourth-order valence-electron chi connectivity index (χ4n) is 3.76. The van der Waals surface area contributed by atoms with Gasteiger partial charge in [0.2, 0.25) is 17.7 Å². The number of methoxy groups -OCH3 is 1. The van der Waals surface area contributed by atoms with Crippen molar-refractivity contribution in [2.75, 3.05) is 7.11 Å². The molecule has 9 nitrogen and oxygen atoms in total. The highest BCUT2D eigenvalue weighted by Crippen LogP contribution is 2.13. The van der Waals surface area contributed by atoms with Crippen molar-refractivity contribution < 1.29 is 28.7 Å². The summed E-state index contributed by atoms with van der Waals surface area (Å²) in [5, 5.41) is 7.84. The van der Waals surface area contributed by atoms with Crippen LogP contribution in [0, 0.1) is 5.92 Å². The van der Waals surface area contributed by atoms with Crippen LogP contribution in [0.3, 0.4) is 0 Å².